The Hall–Kier alpha value is -5.45. The number of azo groups is 3. The first-order chi connectivity index (χ1) is 21.3. The van der Waals surface area contributed by atoms with E-state index in [0.29, 0.717) is 0 Å². The smallest absolute Gasteiger partial charge is 0.0863 e. The minimum atomic E-state index is -0.995. The maximum atomic E-state index is 4.54. The largest absolute Gasteiger partial charge is 0.151 e. The zero-order valence-corrected chi connectivity index (χ0v) is 24.1. The van der Waals surface area contributed by atoms with Gasteiger partial charge in [-0.15, -0.1) is 0 Å². The summed E-state index contributed by atoms with van der Waals surface area (Å²) in [6, 6.07) is 54.0. The van der Waals surface area contributed by atoms with Crippen LogP contribution in [-0.4, -0.2) is 0 Å². The predicted molar refractivity (Wildman–Crippen MR) is 177 cm³/mol. The Kier molecular flexibility index (Phi) is 8.99. The molecule has 0 aromatic heterocycles. The SMILES string of the molecule is c1ccc(N=Nc2cccc(P(c3cccc(N=Nc4ccccc4)c3)c3cccc(N=Nc4ccccc4)c3)c2)cc1. The molecule has 0 saturated heterocycles. The molecule has 0 radical (unpaired) electrons. The van der Waals surface area contributed by atoms with Gasteiger partial charge >= 0.3 is 0 Å². The van der Waals surface area contributed by atoms with E-state index in [1.165, 1.54) is 0 Å². The van der Waals surface area contributed by atoms with Gasteiger partial charge in [-0.1, -0.05) is 91.0 Å². The van der Waals surface area contributed by atoms with Crippen LogP contribution in [0.2, 0.25) is 0 Å². The van der Waals surface area contributed by atoms with Crippen molar-refractivity contribution >= 4 is 58.0 Å². The Morgan fingerprint density at radius 1 is 0.256 bits per heavy atom. The topological polar surface area (TPSA) is 74.2 Å². The molecule has 6 nitrogen and oxygen atoms in total. The van der Waals surface area contributed by atoms with Crippen molar-refractivity contribution in [3.8, 4) is 0 Å². The highest BCUT2D eigenvalue weighted by atomic mass is 31.1. The van der Waals surface area contributed by atoms with Crippen LogP contribution in [0.5, 0.6) is 0 Å². The Morgan fingerprint density at radius 2 is 0.512 bits per heavy atom. The fourth-order valence-electron chi connectivity index (χ4n) is 4.36. The van der Waals surface area contributed by atoms with E-state index in [9.17, 15) is 0 Å². The van der Waals surface area contributed by atoms with Gasteiger partial charge in [-0.3, -0.25) is 0 Å². The summed E-state index contributed by atoms with van der Waals surface area (Å²) >= 11 is 0. The molecule has 0 atom stereocenters. The number of hydrogen-bond acceptors (Lipinski definition) is 6. The predicted octanol–water partition coefficient (Wildman–Crippen LogP) is 10.7. The standard InChI is InChI=1S/C36H27N6P/c1-4-13-28(14-5-1)37-40-31-19-10-22-34(25-31)43(35-23-11-20-32(26-35)41-38-29-15-6-2-7-16-29)36-24-12-21-33(27-36)42-39-30-17-8-3-9-18-30/h1-27H. The van der Waals surface area contributed by atoms with Crippen LogP contribution in [0, 0.1) is 0 Å². The summed E-state index contributed by atoms with van der Waals surface area (Å²) in [6.07, 6.45) is 0. The Bertz CT molecular complexity index is 1650. The van der Waals surface area contributed by atoms with Gasteiger partial charge in [0.25, 0.3) is 0 Å². The summed E-state index contributed by atoms with van der Waals surface area (Å²) in [7, 11) is -0.995. The molecule has 6 aromatic rings. The highest BCUT2D eigenvalue weighted by molar-refractivity contribution is 7.79. The average molecular weight is 575 g/mol. The van der Waals surface area contributed by atoms with Crippen LogP contribution in [0.1, 0.15) is 0 Å². The van der Waals surface area contributed by atoms with Crippen LogP contribution in [-0.2, 0) is 0 Å². The molecular formula is C36H27N6P. The van der Waals surface area contributed by atoms with Gasteiger partial charge in [-0.25, -0.2) is 0 Å². The van der Waals surface area contributed by atoms with Crippen molar-refractivity contribution in [1.29, 1.82) is 0 Å². The van der Waals surface area contributed by atoms with Gasteiger partial charge in [0.2, 0.25) is 0 Å². The van der Waals surface area contributed by atoms with E-state index in [-0.39, 0.29) is 0 Å². The van der Waals surface area contributed by atoms with E-state index in [1.54, 1.807) is 0 Å². The fraction of sp³-hybridized carbons (Fsp3) is 0. The van der Waals surface area contributed by atoms with Crippen LogP contribution in [0.25, 0.3) is 0 Å². The van der Waals surface area contributed by atoms with Gasteiger partial charge < -0.3 is 0 Å². The van der Waals surface area contributed by atoms with E-state index in [1.807, 2.05) is 127 Å². The highest BCUT2D eigenvalue weighted by Crippen LogP contribution is 2.36. The van der Waals surface area contributed by atoms with Crippen molar-refractivity contribution in [3.63, 3.8) is 0 Å². The molecule has 0 aliphatic rings. The lowest BCUT2D eigenvalue weighted by Crippen LogP contribution is -2.20. The second-order valence-electron chi connectivity index (χ2n) is 9.50. The minimum absolute atomic E-state index is 0.786. The molecule has 6 aromatic carbocycles. The summed E-state index contributed by atoms with van der Waals surface area (Å²) in [5.74, 6) is 0. The molecule has 0 amide bonds. The monoisotopic (exact) mass is 574 g/mol. The van der Waals surface area contributed by atoms with E-state index in [0.717, 1.165) is 50.0 Å². The van der Waals surface area contributed by atoms with E-state index in [2.05, 4.69) is 67.1 Å². The summed E-state index contributed by atoms with van der Waals surface area (Å²) in [5, 5.41) is 30.3. The maximum absolute atomic E-state index is 4.54. The molecule has 0 fully saturated rings. The number of rotatable bonds is 9. The third-order valence-electron chi connectivity index (χ3n) is 6.38. The summed E-state index contributed by atoms with van der Waals surface area (Å²) in [4.78, 5) is 0. The Balaban J connectivity index is 1.38. The van der Waals surface area contributed by atoms with E-state index < -0.39 is 7.92 Å². The zero-order valence-electron chi connectivity index (χ0n) is 23.2. The van der Waals surface area contributed by atoms with Crippen LogP contribution in [0.3, 0.4) is 0 Å². The first kappa shape index (κ1) is 27.7. The number of nitrogens with zero attached hydrogens (tertiary/aromatic N) is 6. The number of hydrogen-bond donors (Lipinski definition) is 0. The molecule has 0 heterocycles. The van der Waals surface area contributed by atoms with Crippen molar-refractivity contribution < 1.29 is 0 Å². The molecule has 0 N–H and O–H groups in total. The Labute approximate surface area is 252 Å². The van der Waals surface area contributed by atoms with E-state index in [4.69, 9.17) is 0 Å². The van der Waals surface area contributed by atoms with Crippen molar-refractivity contribution in [2.24, 2.45) is 30.7 Å². The molecule has 0 bridgehead atoms. The zero-order chi connectivity index (χ0) is 29.1. The van der Waals surface area contributed by atoms with Gasteiger partial charge in [0.1, 0.15) is 0 Å². The normalized spacial score (nSPS) is 12.3. The van der Waals surface area contributed by atoms with Crippen molar-refractivity contribution in [1.82, 2.24) is 0 Å². The van der Waals surface area contributed by atoms with Gasteiger partial charge in [0.05, 0.1) is 34.1 Å². The average Bonchev–Trinajstić information content (AvgIpc) is 3.08. The first-order valence-corrected chi connectivity index (χ1v) is 15.2. The van der Waals surface area contributed by atoms with Gasteiger partial charge in [0.15, 0.2) is 0 Å². The third-order valence-corrected chi connectivity index (χ3v) is 8.76. The fourth-order valence-corrected chi connectivity index (χ4v) is 6.74. The molecule has 43 heavy (non-hydrogen) atoms. The summed E-state index contributed by atoms with van der Waals surface area (Å²) in [6.45, 7) is 0. The molecule has 206 valence electrons. The lowest BCUT2D eigenvalue weighted by atomic mass is 10.3. The molecule has 6 rings (SSSR count). The lowest BCUT2D eigenvalue weighted by Gasteiger charge is -2.20. The molecule has 0 unspecified atom stereocenters. The second-order valence-corrected chi connectivity index (χ2v) is 11.7. The third kappa shape index (κ3) is 7.64. The molecule has 0 spiro atoms. The molecule has 0 saturated carbocycles. The number of benzene rings is 6. The molecular weight excluding hydrogens is 547 g/mol. The van der Waals surface area contributed by atoms with Crippen LogP contribution >= 0.6 is 7.92 Å². The summed E-state index contributed by atoms with van der Waals surface area (Å²) in [5.41, 5.74) is 4.78. The maximum Gasteiger partial charge on any atom is 0.0863 e. The minimum Gasteiger partial charge on any atom is -0.151 e. The van der Waals surface area contributed by atoms with Gasteiger partial charge in [0, 0.05) is 0 Å². The Morgan fingerprint density at radius 3 is 0.814 bits per heavy atom. The van der Waals surface area contributed by atoms with E-state index >= 15 is 0 Å². The van der Waals surface area contributed by atoms with Crippen molar-refractivity contribution in [2.45, 2.75) is 0 Å². The lowest BCUT2D eigenvalue weighted by molar-refractivity contribution is 1.23. The van der Waals surface area contributed by atoms with Crippen LogP contribution in [0.4, 0.5) is 34.1 Å². The second kappa shape index (κ2) is 13.9. The highest BCUT2D eigenvalue weighted by Gasteiger charge is 2.18. The van der Waals surface area contributed by atoms with Gasteiger partial charge in [-0.2, -0.15) is 30.7 Å². The molecule has 7 heteroatoms. The van der Waals surface area contributed by atoms with Crippen molar-refractivity contribution in [2.75, 3.05) is 0 Å². The molecule has 0 aliphatic carbocycles. The molecule has 0 aliphatic heterocycles. The van der Waals surface area contributed by atoms with Crippen molar-refractivity contribution in [3.05, 3.63) is 164 Å². The van der Waals surface area contributed by atoms with Crippen LogP contribution < -0.4 is 15.9 Å². The van der Waals surface area contributed by atoms with Crippen LogP contribution in [0.15, 0.2) is 194 Å². The quantitative estimate of drug-likeness (QED) is 0.122. The van der Waals surface area contributed by atoms with Gasteiger partial charge in [-0.05, 0) is 96.6 Å². The first-order valence-electron chi connectivity index (χ1n) is 13.8. The summed E-state index contributed by atoms with van der Waals surface area (Å²) < 4.78 is 0.